The molecule has 3 aromatic rings. The summed E-state index contributed by atoms with van der Waals surface area (Å²) < 4.78 is 6.68. The van der Waals surface area contributed by atoms with Gasteiger partial charge < -0.3 is 10.1 Å². The number of hydrogen-bond donors (Lipinski definition) is 1. The smallest absolute Gasteiger partial charge is 0.271 e. The highest BCUT2D eigenvalue weighted by molar-refractivity contribution is 8.00. The van der Waals surface area contributed by atoms with Gasteiger partial charge in [0.05, 0.1) is 17.5 Å². The fourth-order valence-corrected chi connectivity index (χ4v) is 3.61. The number of nitrogens with one attached hydrogen (secondary N) is 1. The minimum absolute atomic E-state index is 0.165. The van der Waals surface area contributed by atoms with Crippen molar-refractivity contribution >= 4 is 35.0 Å². The van der Waals surface area contributed by atoms with E-state index in [0.717, 1.165) is 11.3 Å². The Morgan fingerprint density at radius 1 is 1.20 bits per heavy atom. The second kappa shape index (κ2) is 9.82. The number of anilines is 1. The van der Waals surface area contributed by atoms with E-state index >= 15 is 0 Å². The maximum Gasteiger partial charge on any atom is 0.271 e. The molecule has 1 heterocycles. The van der Waals surface area contributed by atoms with Gasteiger partial charge in [-0.2, -0.15) is 9.78 Å². The molecule has 0 aliphatic carbocycles. The van der Waals surface area contributed by atoms with Gasteiger partial charge in [0, 0.05) is 16.8 Å². The van der Waals surface area contributed by atoms with Gasteiger partial charge in [0.25, 0.3) is 5.56 Å². The van der Waals surface area contributed by atoms with Gasteiger partial charge >= 0.3 is 0 Å². The van der Waals surface area contributed by atoms with E-state index in [2.05, 4.69) is 10.4 Å². The third kappa shape index (κ3) is 5.43. The van der Waals surface area contributed by atoms with Crippen LogP contribution in [0.25, 0.3) is 5.69 Å². The number of carbonyl (C=O) groups excluding carboxylic acids is 1. The van der Waals surface area contributed by atoms with E-state index in [-0.39, 0.29) is 11.5 Å². The number of benzene rings is 2. The molecule has 0 fully saturated rings. The van der Waals surface area contributed by atoms with E-state index < -0.39 is 5.25 Å². The Morgan fingerprint density at radius 2 is 1.93 bits per heavy atom. The number of aromatic nitrogens is 2. The standard InChI is InChI=1S/C22H22ClN3O3S/c1-4-29-18-9-6-16(7-10-18)24-22(28)15(3)30-20-11-12-21(27)26(25-20)17-8-5-14(2)19(23)13-17/h5-13,15H,4H2,1-3H3,(H,24,28)/t15-/m1/s1. The van der Waals surface area contributed by atoms with Crippen LogP contribution in [0.4, 0.5) is 5.69 Å². The summed E-state index contributed by atoms with van der Waals surface area (Å²) in [5.74, 6) is 0.586. The van der Waals surface area contributed by atoms with Gasteiger partial charge in [-0.15, -0.1) is 0 Å². The molecule has 0 bridgehead atoms. The van der Waals surface area contributed by atoms with Crippen LogP contribution in [0.2, 0.25) is 5.02 Å². The van der Waals surface area contributed by atoms with Crippen molar-refractivity contribution in [3.05, 3.63) is 75.5 Å². The summed E-state index contributed by atoms with van der Waals surface area (Å²) in [7, 11) is 0. The molecular weight excluding hydrogens is 422 g/mol. The average molecular weight is 444 g/mol. The van der Waals surface area contributed by atoms with Crippen LogP contribution >= 0.6 is 23.4 Å². The minimum Gasteiger partial charge on any atom is -0.494 e. The van der Waals surface area contributed by atoms with Gasteiger partial charge in [0.1, 0.15) is 10.8 Å². The summed E-state index contributed by atoms with van der Waals surface area (Å²) in [5, 5.41) is 7.95. The van der Waals surface area contributed by atoms with Crippen molar-refractivity contribution in [3.8, 4) is 11.4 Å². The molecule has 0 unspecified atom stereocenters. The SMILES string of the molecule is CCOc1ccc(NC(=O)[C@@H](C)Sc2ccc(=O)n(-c3ccc(C)c(Cl)c3)n2)cc1. The fraction of sp³-hybridized carbons (Fsp3) is 0.227. The predicted molar refractivity (Wildman–Crippen MR) is 121 cm³/mol. The average Bonchev–Trinajstić information content (AvgIpc) is 2.73. The maximum absolute atomic E-state index is 12.6. The van der Waals surface area contributed by atoms with Gasteiger partial charge in [-0.3, -0.25) is 9.59 Å². The number of hydrogen-bond acceptors (Lipinski definition) is 5. The molecule has 1 aromatic heterocycles. The third-order valence-electron chi connectivity index (χ3n) is 4.28. The molecule has 0 saturated heterocycles. The summed E-state index contributed by atoms with van der Waals surface area (Å²) in [6, 6.07) is 15.5. The van der Waals surface area contributed by atoms with Gasteiger partial charge in [0.15, 0.2) is 0 Å². The molecule has 0 aliphatic rings. The van der Waals surface area contributed by atoms with Crippen LogP contribution in [0.3, 0.4) is 0 Å². The maximum atomic E-state index is 12.6. The summed E-state index contributed by atoms with van der Waals surface area (Å²) >= 11 is 7.44. The highest BCUT2D eigenvalue weighted by Crippen LogP contribution is 2.23. The molecule has 156 valence electrons. The molecule has 0 radical (unpaired) electrons. The van der Waals surface area contributed by atoms with Crippen LogP contribution in [-0.2, 0) is 4.79 Å². The van der Waals surface area contributed by atoms with Crippen molar-refractivity contribution in [1.29, 1.82) is 0 Å². The number of thioether (sulfide) groups is 1. The Kier molecular flexibility index (Phi) is 7.18. The highest BCUT2D eigenvalue weighted by Gasteiger charge is 2.16. The molecule has 6 nitrogen and oxygen atoms in total. The van der Waals surface area contributed by atoms with E-state index in [1.807, 2.05) is 19.9 Å². The van der Waals surface area contributed by atoms with Crippen LogP contribution in [-0.4, -0.2) is 27.5 Å². The normalized spacial score (nSPS) is 11.7. The minimum atomic E-state index is -0.420. The van der Waals surface area contributed by atoms with Crippen molar-refractivity contribution in [1.82, 2.24) is 9.78 Å². The molecule has 1 N–H and O–H groups in total. The van der Waals surface area contributed by atoms with Crippen LogP contribution < -0.4 is 15.6 Å². The zero-order valence-corrected chi connectivity index (χ0v) is 18.5. The first kappa shape index (κ1) is 21.9. The molecule has 1 atom stereocenters. The van der Waals surface area contributed by atoms with E-state index in [9.17, 15) is 9.59 Å². The number of amides is 1. The Labute approximate surface area is 184 Å². The lowest BCUT2D eigenvalue weighted by Crippen LogP contribution is -2.24. The predicted octanol–water partition coefficient (Wildman–Crippen LogP) is 4.71. The number of nitrogens with zero attached hydrogens (tertiary/aromatic N) is 2. The number of halogens is 1. The number of rotatable bonds is 7. The molecule has 0 aliphatic heterocycles. The first-order valence-corrected chi connectivity index (χ1v) is 10.7. The van der Waals surface area contributed by atoms with Crippen molar-refractivity contribution < 1.29 is 9.53 Å². The lowest BCUT2D eigenvalue weighted by Gasteiger charge is -2.13. The Hall–Kier alpha value is -2.77. The number of aryl methyl sites for hydroxylation is 1. The van der Waals surface area contributed by atoms with E-state index in [4.69, 9.17) is 16.3 Å². The van der Waals surface area contributed by atoms with Crippen molar-refractivity contribution in [2.75, 3.05) is 11.9 Å². The Morgan fingerprint density at radius 3 is 2.60 bits per heavy atom. The van der Waals surface area contributed by atoms with Crippen molar-refractivity contribution in [2.45, 2.75) is 31.0 Å². The van der Waals surface area contributed by atoms with E-state index in [1.165, 1.54) is 22.5 Å². The van der Waals surface area contributed by atoms with Crippen molar-refractivity contribution in [3.63, 3.8) is 0 Å². The summed E-state index contributed by atoms with van der Waals surface area (Å²) in [6.07, 6.45) is 0. The van der Waals surface area contributed by atoms with Crippen LogP contribution in [0.15, 0.2) is 64.4 Å². The molecule has 8 heteroatoms. The zero-order valence-electron chi connectivity index (χ0n) is 16.9. The third-order valence-corrected chi connectivity index (χ3v) is 5.71. The van der Waals surface area contributed by atoms with Crippen LogP contribution in [0, 0.1) is 6.92 Å². The van der Waals surface area contributed by atoms with Gasteiger partial charge in [0.2, 0.25) is 5.91 Å². The quantitative estimate of drug-likeness (QED) is 0.535. The topological polar surface area (TPSA) is 73.2 Å². The monoisotopic (exact) mass is 443 g/mol. The van der Waals surface area contributed by atoms with Gasteiger partial charge in [-0.05, 0) is 68.8 Å². The second-order valence-corrected chi connectivity index (χ2v) is 8.33. The second-order valence-electron chi connectivity index (χ2n) is 6.56. The van der Waals surface area contributed by atoms with Gasteiger partial charge in [-0.25, -0.2) is 0 Å². The molecular formula is C22H22ClN3O3S. The molecule has 0 saturated carbocycles. The summed E-state index contributed by atoms with van der Waals surface area (Å²) in [6.45, 7) is 6.18. The summed E-state index contributed by atoms with van der Waals surface area (Å²) in [4.78, 5) is 24.8. The molecule has 30 heavy (non-hydrogen) atoms. The first-order chi connectivity index (χ1) is 14.4. The lowest BCUT2D eigenvalue weighted by molar-refractivity contribution is -0.115. The number of carbonyl (C=O) groups is 1. The number of ether oxygens (including phenoxy) is 1. The van der Waals surface area contributed by atoms with Crippen LogP contribution in [0.1, 0.15) is 19.4 Å². The lowest BCUT2D eigenvalue weighted by atomic mass is 10.2. The van der Waals surface area contributed by atoms with Crippen molar-refractivity contribution in [2.24, 2.45) is 0 Å². The van der Waals surface area contributed by atoms with E-state index in [1.54, 1.807) is 49.4 Å². The molecule has 1 amide bonds. The zero-order chi connectivity index (χ0) is 21.7. The Balaban J connectivity index is 1.71. The van der Waals surface area contributed by atoms with E-state index in [0.29, 0.717) is 28.0 Å². The molecule has 3 rings (SSSR count). The summed E-state index contributed by atoms with van der Waals surface area (Å²) in [5.41, 5.74) is 1.90. The fourth-order valence-electron chi connectivity index (χ4n) is 2.64. The largest absolute Gasteiger partial charge is 0.494 e. The van der Waals surface area contributed by atoms with Crippen LogP contribution in [0.5, 0.6) is 5.75 Å². The molecule has 0 spiro atoms. The first-order valence-electron chi connectivity index (χ1n) is 9.44. The molecule has 2 aromatic carbocycles. The van der Waals surface area contributed by atoms with Gasteiger partial charge in [-0.1, -0.05) is 29.4 Å². The Bertz CT molecular complexity index is 1100. The highest BCUT2D eigenvalue weighted by atomic mass is 35.5.